The molecule has 5 heteroatoms. The molecule has 28 heavy (non-hydrogen) atoms. The van der Waals surface area contributed by atoms with E-state index in [0.717, 1.165) is 37.6 Å². The van der Waals surface area contributed by atoms with Crippen molar-refractivity contribution < 1.29 is 9.21 Å². The van der Waals surface area contributed by atoms with E-state index >= 15 is 0 Å². The van der Waals surface area contributed by atoms with E-state index in [1.165, 1.54) is 10.9 Å². The Kier molecular flexibility index (Phi) is 4.84. The van der Waals surface area contributed by atoms with Gasteiger partial charge in [0, 0.05) is 29.1 Å². The number of benzene rings is 1. The molecule has 0 spiro atoms. The van der Waals surface area contributed by atoms with Crippen molar-refractivity contribution in [3.63, 3.8) is 0 Å². The predicted octanol–water partition coefficient (Wildman–Crippen LogP) is 4.28. The SMILES string of the molecule is CCCC1(NC(=O)c2c(C)cc(CCc3c[nH]c4ccccc34)oc2=O)CC1. The second kappa shape index (κ2) is 7.30. The molecule has 3 aromatic rings. The zero-order chi connectivity index (χ0) is 19.7. The molecule has 0 unspecified atom stereocenters. The molecular weight excluding hydrogens is 352 g/mol. The maximum atomic E-state index is 12.6. The van der Waals surface area contributed by atoms with Gasteiger partial charge in [-0.3, -0.25) is 4.79 Å². The lowest BCUT2D eigenvalue weighted by Gasteiger charge is -2.16. The van der Waals surface area contributed by atoms with Crippen LogP contribution < -0.4 is 10.9 Å². The molecule has 0 atom stereocenters. The molecule has 146 valence electrons. The first-order valence-corrected chi connectivity index (χ1v) is 10.0. The van der Waals surface area contributed by atoms with Crippen LogP contribution in [0.1, 0.15) is 59.9 Å². The summed E-state index contributed by atoms with van der Waals surface area (Å²) in [5.41, 5.74) is 2.45. The maximum absolute atomic E-state index is 12.6. The van der Waals surface area contributed by atoms with Gasteiger partial charge in [-0.25, -0.2) is 4.79 Å². The summed E-state index contributed by atoms with van der Waals surface area (Å²) in [5, 5.41) is 4.24. The molecule has 1 saturated carbocycles. The third kappa shape index (κ3) is 3.61. The van der Waals surface area contributed by atoms with Crippen molar-refractivity contribution in [2.75, 3.05) is 0 Å². The lowest BCUT2D eigenvalue weighted by Crippen LogP contribution is -2.39. The molecule has 1 aliphatic carbocycles. The number of carbonyl (C=O) groups excluding carboxylic acids is 1. The number of fused-ring (bicyclic) bond motifs is 1. The van der Waals surface area contributed by atoms with Crippen LogP contribution in [0.2, 0.25) is 0 Å². The van der Waals surface area contributed by atoms with Crippen molar-refractivity contribution in [2.24, 2.45) is 0 Å². The van der Waals surface area contributed by atoms with E-state index in [2.05, 4.69) is 23.3 Å². The number of nitrogens with one attached hydrogen (secondary N) is 2. The van der Waals surface area contributed by atoms with Gasteiger partial charge in [-0.05, 0) is 55.9 Å². The quantitative estimate of drug-likeness (QED) is 0.644. The molecule has 2 N–H and O–H groups in total. The molecule has 1 amide bonds. The Morgan fingerprint density at radius 2 is 2.04 bits per heavy atom. The highest BCUT2D eigenvalue weighted by Gasteiger charge is 2.43. The van der Waals surface area contributed by atoms with Crippen molar-refractivity contribution in [1.82, 2.24) is 10.3 Å². The van der Waals surface area contributed by atoms with E-state index in [1.807, 2.05) is 30.5 Å². The van der Waals surface area contributed by atoms with Gasteiger partial charge in [0.25, 0.3) is 5.91 Å². The molecule has 2 heterocycles. The van der Waals surface area contributed by atoms with Crippen molar-refractivity contribution >= 4 is 16.8 Å². The Hall–Kier alpha value is -2.82. The van der Waals surface area contributed by atoms with Gasteiger partial charge in [-0.15, -0.1) is 0 Å². The highest BCUT2D eigenvalue weighted by Crippen LogP contribution is 2.39. The van der Waals surface area contributed by atoms with E-state index in [9.17, 15) is 9.59 Å². The van der Waals surface area contributed by atoms with Gasteiger partial charge in [-0.2, -0.15) is 0 Å². The molecule has 0 saturated heterocycles. The number of para-hydroxylation sites is 1. The monoisotopic (exact) mass is 378 g/mol. The highest BCUT2D eigenvalue weighted by atomic mass is 16.4. The van der Waals surface area contributed by atoms with Crippen LogP contribution in [-0.4, -0.2) is 16.4 Å². The molecular formula is C23H26N2O3. The van der Waals surface area contributed by atoms with Crippen molar-refractivity contribution in [1.29, 1.82) is 0 Å². The van der Waals surface area contributed by atoms with Gasteiger partial charge in [-0.1, -0.05) is 31.5 Å². The fraction of sp³-hybridized carbons (Fsp3) is 0.391. The fourth-order valence-electron chi connectivity index (χ4n) is 4.04. The van der Waals surface area contributed by atoms with Crippen LogP contribution in [0, 0.1) is 6.92 Å². The van der Waals surface area contributed by atoms with E-state index in [0.29, 0.717) is 17.7 Å². The van der Waals surface area contributed by atoms with Gasteiger partial charge < -0.3 is 14.7 Å². The first-order chi connectivity index (χ1) is 13.5. The van der Waals surface area contributed by atoms with Crippen LogP contribution in [0.3, 0.4) is 0 Å². The minimum atomic E-state index is -0.543. The molecule has 5 nitrogen and oxygen atoms in total. The number of hydrogen-bond acceptors (Lipinski definition) is 3. The van der Waals surface area contributed by atoms with Crippen molar-refractivity contribution in [3.8, 4) is 0 Å². The average Bonchev–Trinajstić information content (AvgIpc) is 3.27. The first kappa shape index (κ1) is 18.5. The van der Waals surface area contributed by atoms with E-state index in [-0.39, 0.29) is 17.0 Å². The number of amides is 1. The van der Waals surface area contributed by atoms with E-state index in [1.54, 1.807) is 6.92 Å². The number of aromatic amines is 1. The number of carbonyl (C=O) groups is 1. The van der Waals surface area contributed by atoms with Gasteiger partial charge >= 0.3 is 5.63 Å². The van der Waals surface area contributed by atoms with E-state index in [4.69, 9.17) is 4.42 Å². The zero-order valence-electron chi connectivity index (χ0n) is 16.4. The molecule has 1 fully saturated rings. The van der Waals surface area contributed by atoms with Crippen LogP contribution >= 0.6 is 0 Å². The van der Waals surface area contributed by atoms with Gasteiger partial charge in [0.2, 0.25) is 0 Å². The molecule has 1 aromatic carbocycles. The van der Waals surface area contributed by atoms with Crippen molar-refractivity contribution in [2.45, 2.75) is 57.9 Å². The normalized spacial score (nSPS) is 14.9. The minimum absolute atomic E-state index is 0.112. The van der Waals surface area contributed by atoms with Gasteiger partial charge in [0.1, 0.15) is 11.3 Å². The number of aromatic nitrogens is 1. The summed E-state index contributed by atoms with van der Waals surface area (Å²) in [7, 11) is 0. The highest BCUT2D eigenvalue weighted by molar-refractivity contribution is 5.95. The lowest BCUT2D eigenvalue weighted by atomic mass is 10.0. The summed E-state index contributed by atoms with van der Waals surface area (Å²) < 4.78 is 5.49. The maximum Gasteiger partial charge on any atom is 0.349 e. The number of aryl methyl sites for hydroxylation is 3. The van der Waals surface area contributed by atoms with Crippen molar-refractivity contribution in [3.05, 3.63) is 69.4 Å². The summed E-state index contributed by atoms with van der Waals surface area (Å²) in [6.07, 6.45) is 7.31. The Morgan fingerprint density at radius 3 is 2.75 bits per heavy atom. The second-order valence-electron chi connectivity index (χ2n) is 7.90. The van der Waals surface area contributed by atoms with Crippen LogP contribution in [0.4, 0.5) is 0 Å². The summed E-state index contributed by atoms with van der Waals surface area (Å²) >= 11 is 0. The summed E-state index contributed by atoms with van der Waals surface area (Å²) in [6.45, 7) is 3.91. The topological polar surface area (TPSA) is 75.1 Å². The third-order valence-electron chi connectivity index (χ3n) is 5.70. The summed E-state index contributed by atoms with van der Waals surface area (Å²) in [6, 6.07) is 9.97. The van der Waals surface area contributed by atoms with Gasteiger partial charge in [0.05, 0.1) is 0 Å². The Bertz CT molecular complexity index is 1070. The first-order valence-electron chi connectivity index (χ1n) is 10.0. The van der Waals surface area contributed by atoms with Crippen LogP contribution in [-0.2, 0) is 12.8 Å². The molecule has 0 bridgehead atoms. The smallest absolute Gasteiger partial charge is 0.349 e. The van der Waals surface area contributed by atoms with E-state index < -0.39 is 5.63 Å². The van der Waals surface area contributed by atoms with Crippen LogP contribution in [0.25, 0.3) is 10.9 Å². The third-order valence-corrected chi connectivity index (χ3v) is 5.70. The fourth-order valence-corrected chi connectivity index (χ4v) is 4.04. The molecule has 4 rings (SSSR count). The number of rotatable bonds is 7. The lowest BCUT2D eigenvalue weighted by molar-refractivity contribution is 0.0924. The zero-order valence-corrected chi connectivity index (χ0v) is 16.4. The molecule has 0 radical (unpaired) electrons. The standard InChI is InChI=1S/C23H26N2O3/c1-3-10-23(11-12-23)25-21(26)20-15(2)13-17(28-22(20)27)9-8-16-14-24-19-7-5-4-6-18(16)19/h4-7,13-14,24H,3,8-12H2,1-2H3,(H,25,26). The largest absolute Gasteiger partial charge is 0.427 e. The summed E-state index contributed by atoms with van der Waals surface area (Å²) in [4.78, 5) is 28.4. The number of hydrogen-bond donors (Lipinski definition) is 2. The molecule has 2 aromatic heterocycles. The molecule has 1 aliphatic rings. The van der Waals surface area contributed by atoms with Crippen LogP contribution in [0.15, 0.2) is 45.7 Å². The number of H-pyrrole nitrogens is 1. The predicted molar refractivity (Wildman–Crippen MR) is 110 cm³/mol. The summed E-state index contributed by atoms with van der Waals surface area (Å²) in [5.74, 6) is 0.305. The Morgan fingerprint density at radius 1 is 1.25 bits per heavy atom. The average molecular weight is 378 g/mol. The minimum Gasteiger partial charge on any atom is -0.427 e. The molecule has 0 aliphatic heterocycles. The Balaban J connectivity index is 1.49. The van der Waals surface area contributed by atoms with Gasteiger partial charge in [0.15, 0.2) is 0 Å². The second-order valence-corrected chi connectivity index (χ2v) is 7.90. The Labute approximate surface area is 164 Å². The van der Waals surface area contributed by atoms with Crippen LogP contribution in [0.5, 0.6) is 0 Å².